The van der Waals surface area contributed by atoms with Gasteiger partial charge in [-0.3, -0.25) is 35.9 Å². The number of hydrogen-bond acceptors (Lipinski definition) is 6. The van der Waals surface area contributed by atoms with Gasteiger partial charge in [0.2, 0.25) is 5.91 Å². The van der Waals surface area contributed by atoms with Crippen LogP contribution < -0.4 is 20.9 Å². The number of non-ortho nitro benzene ring substituents is 1. The van der Waals surface area contributed by atoms with E-state index in [9.17, 15) is 19.7 Å². The van der Waals surface area contributed by atoms with Crippen LogP contribution in [0.1, 0.15) is 22.8 Å². The molecule has 0 spiro atoms. The summed E-state index contributed by atoms with van der Waals surface area (Å²) in [5, 5.41) is 12.9. The maximum absolute atomic E-state index is 12.0. The van der Waals surface area contributed by atoms with Gasteiger partial charge in [-0.1, -0.05) is 12.1 Å². The lowest BCUT2D eigenvalue weighted by atomic mass is 10.2. The van der Waals surface area contributed by atoms with Crippen molar-refractivity contribution in [2.45, 2.75) is 6.92 Å². The molecule has 2 amide bonds. The van der Waals surface area contributed by atoms with Crippen molar-refractivity contribution in [1.82, 2.24) is 16.2 Å². The van der Waals surface area contributed by atoms with Crippen LogP contribution in [0.4, 0.5) is 5.69 Å². The molecule has 9 nitrogen and oxygen atoms in total. The van der Waals surface area contributed by atoms with Gasteiger partial charge in [-0.2, -0.15) is 0 Å². The second kappa shape index (κ2) is 10.5. The average molecular weight is 414 g/mol. The van der Waals surface area contributed by atoms with Crippen LogP contribution in [0.25, 0.3) is 6.08 Å². The monoisotopic (exact) mass is 414 g/mol. The number of nitro benzene ring substituents is 1. The third kappa shape index (κ3) is 7.03. The molecule has 0 radical (unpaired) electrons. The SMILES string of the molecule is CCOc1ccc(/C=C/C(=O)NC(=S)NNC(=O)c2ccc([N+](=O)[O-])cc2)cc1. The van der Waals surface area contributed by atoms with E-state index in [-0.39, 0.29) is 16.4 Å². The first-order valence-corrected chi connectivity index (χ1v) is 8.86. The highest BCUT2D eigenvalue weighted by Gasteiger charge is 2.10. The number of nitrogens with one attached hydrogen (secondary N) is 3. The Balaban J connectivity index is 1.79. The van der Waals surface area contributed by atoms with Gasteiger partial charge >= 0.3 is 0 Å². The highest BCUT2D eigenvalue weighted by Crippen LogP contribution is 2.13. The Morgan fingerprint density at radius 1 is 1.10 bits per heavy atom. The van der Waals surface area contributed by atoms with Gasteiger partial charge in [-0.05, 0) is 55.0 Å². The molecule has 0 fully saturated rings. The van der Waals surface area contributed by atoms with E-state index in [0.717, 1.165) is 11.3 Å². The van der Waals surface area contributed by atoms with Crippen LogP contribution in [0, 0.1) is 10.1 Å². The van der Waals surface area contributed by atoms with Crippen LogP contribution in [0.2, 0.25) is 0 Å². The van der Waals surface area contributed by atoms with Gasteiger partial charge in [0.15, 0.2) is 5.11 Å². The molecule has 0 bridgehead atoms. The standard InChI is InChI=1S/C19H18N4O5S/c1-2-28-16-10-3-13(4-11-16)5-12-17(24)20-19(29)22-21-18(25)14-6-8-15(9-7-14)23(26)27/h3-12H,2H2,1H3,(H,21,25)(H2,20,22,24,29)/b12-5+. The van der Waals surface area contributed by atoms with E-state index < -0.39 is 16.7 Å². The number of benzene rings is 2. The molecule has 150 valence electrons. The predicted molar refractivity (Wildman–Crippen MR) is 111 cm³/mol. The summed E-state index contributed by atoms with van der Waals surface area (Å²) in [5.41, 5.74) is 5.54. The predicted octanol–water partition coefficient (Wildman–Crippen LogP) is 2.34. The van der Waals surface area contributed by atoms with E-state index in [0.29, 0.717) is 6.61 Å². The molecule has 0 aliphatic heterocycles. The highest BCUT2D eigenvalue weighted by atomic mass is 32.1. The lowest BCUT2D eigenvalue weighted by Gasteiger charge is -2.09. The molecular weight excluding hydrogens is 396 g/mol. The molecule has 29 heavy (non-hydrogen) atoms. The van der Waals surface area contributed by atoms with Crippen molar-refractivity contribution in [1.29, 1.82) is 0 Å². The normalized spacial score (nSPS) is 10.2. The number of nitro groups is 1. The van der Waals surface area contributed by atoms with Gasteiger partial charge in [-0.15, -0.1) is 0 Å². The van der Waals surface area contributed by atoms with Crippen LogP contribution >= 0.6 is 12.2 Å². The number of nitrogens with zero attached hydrogens (tertiary/aromatic N) is 1. The Morgan fingerprint density at radius 3 is 2.34 bits per heavy atom. The molecule has 0 heterocycles. The van der Waals surface area contributed by atoms with Gasteiger partial charge in [0.05, 0.1) is 11.5 Å². The summed E-state index contributed by atoms with van der Waals surface area (Å²) in [6.45, 7) is 2.46. The van der Waals surface area contributed by atoms with Crippen molar-refractivity contribution in [2.24, 2.45) is 0 Å². The quantitative estimate of drug-likeness (QED) is 0.287. The number of amides is 2. The molecule has 0 saturated heterocycles. The van der Waals surface area contributed by atoms with Crippen molar-refractivity contribution in [3.8, 4) is 5.75 Å². The summed E-state index contributed by atoms with van der Waals surface area (Å²) in [6.07, 6.45) is 2.89. The van der Waals surface area contributed by atoms with E-state index in [2.05, 4.69) is 16.2 Å². The van der Waals surface area contributed by atoms with E-state index in [1.807, 2.05) is 6.92 Å². The van der Waals surface area contributed by atoms with E-state index in [4.69, 9.17) is 17.0 Å². The zero-order valence-electron chi connectivity index (χ0n) is 15.4. The minimum absolute atomic E-state index is 0.110. The average Bonchev–Trinajstić information content (AvgIpc) is 2.72. The number of ether oxygens (including phenoxy) is 1. The smallest absolute Gasteiger partial charge is 0.269 e. The van der Waals surface area contributed by atoms with Crippen molar-refractivity contribution in [2.75, 3.05) is 6.61 Å². The fourth-order valence-corrected chi connectivity index (χ4v) is 2.27. The summed E-state index contributed by atoms with van der Waals surface area (Å²) in [6, 6.07) is 12.2. The first-order valence-electron chi connectivity index (χ1n) is 8.45. The lowest BCUT2D eigenvalue weighted by molar-refractivity contribution is -0.384. The third-order valence-electron chi connectivity index (χ3n) is 3.48. The summed E-state index contributed by atoms with van der Waals surface area (Å²) in [4.78, 5) is 33.9. The Kier molecular flexibility index (Phi) is 7.80. The zero-order valence-corrected chi connectivity index (χ0v) is 16.2. The molecule has 2 rings (SSSR count). The molecule has 2 aromatic carbocycles. The van der Waals surface area contributed by atoms with Crippen LogP contribution in [0.3, 0.4) is 0 Å². The number of carbonyl (C=O) groups excluding carboxylic acids is 2. The summed E-state index contributed by atoms with van der Waals surface area (Å²) in [7, 11) is 0. The molecule has 0 saturated carbocycles. The van der Waals surface area contributed by atoms with E-state index in [1.54, 1.807) is 30.3 Å². The molecule has 2 aromatic rings. The zero-order chi connectivity index (χ0) is 21.2. The fourth-order valence-electron chi connectivity index (χ4n) is 2.12. The number of hydrogen-bond donors (Lipinski definition) is 3. The lowest BCUT2D eigenvalue weighted by Crippen LogP contribution is -2.48. The Labute approximate surface area is 171 Å². The highest BCUT2D eigenvalue weighted by molar-refractivity contribution is 7.80. The summed E-state index contributed by atoms with van der Waals surface area (Å²) < 4.78 is 5.34. The second-order valence-electron chi connectivity index (χ2n) is 5.54. The largest absolute Gasteiger partial charge is 0.494 e. The first-order chi connectivity index (χ1) is 13.9. The van der Waals surface area contributed by atoms with Crippen LogP contribution in [-0.4, -0.2) is 28.5 Å². The maximum Gasteiger partial charge on any atom is 0.269 e. The van der Waals surface area contributed by atoms with E-state index >= 15 is 0 Å². The number of thiocarbonyl (C=S) groups is 1. The summed E-state index contributed by atoms with van der Waals surface area (Å²) in [5.74, 6) is -0.314. The van der Waals surface area contributed by atoms with Crippen molar-refractivity contribution >= 4 is 40.9 Å². The van der Waals surface area contributed by atoms with Gasteiger partial charge in [0, 0.05) is 23.8 Å². The van der Waals surface area contributed by atoms with Gasteiger partial charge in [0.1, 0.15) is 5.75 Å². The topological polar surface area (TPSA) is 123 Å². The summed E-state index contributed by atoms with van der Waals surface area (Å²) >= 11 is 4.93. The van der Waals surface area contributed by atoms with Gasteiger partial charge in [-0.25, -0.2) is 0 Å². The molecular formula is C19H18N4O5S. The Morgan fingerprint density at radius 2 is 1.76 bits per heavy atom. The number of rotatable bonds is 6. The van der Waals surface area contributed by atoms with Gasteiger partial charge < -0.3 is 4.74 Å². The van der Waals surface area contributed by atoms with Gasteiger partial charge in [0.25, 0.3) is 11.6 Å². The molecule has 0 atom stereocenters. The maximum atomic E-state index is 12.0. The molecule has 0 unspecified atom stereocenters. The molecule has 3 N–H and O–H groups in total. The van der Waals surface area contributed by atoms with E-state index in [1.165, 1.54) is 30.3 Å². The number of hydrazine groups is 1. The minimum atomic E-state index is -0.568. The van der Waals surface area contributed by atoms with Crippen LogP contribution in [0.5, 0.6) is 5.75 Å². The molecule has 10 heteroatoms. The molecule has 0 aliphatic rings. The van der Waals surface area contributed by atoms with Crippen molar-refractivity contribution in [3.63, 3.8) is 0 Å². The third-order valence-corrected chi connectivity index (χ3v) is 3.69. The minimum Gasteiger partial charge on any atom is -0.494 e. The number of carbonyl (C=O) groups is 2. The second-order valence-corrected chi connectivity index (χ2v) is 5.95. The molecule has 0 aliphatic carbocycles. The Bertz CT molecular complexity index is 927. The van der Waals surface area contributed by atoms with Crippen molar-refractivity contribution < 1.29 is 19.2 Å². The van der Waals surface area contributed by atoms with Crippen LogP contribution in [-0.2, 0) is 4.79 Å². The first kappa shape index (κ1) is 21.5. The Hall–Kier alpha value is -3.79. The fraction of sp³-hybridized carbons (Fsp3) is 0.105. The van der Waals surface area contributed by atoms with Crippen molar-refractivity contribution in [3.05, 3.63) is 75.8 Å². The van der Waals surface area contributed by atoms with Crippen LogP contribution in [0.15, 0.2) is 54.6 Å². The molecule has 0 aromatic heterocycles.